The molecule has 3 rings (SSSR count). The number of aliphatic imine (C=N–C) groups is 1. The lowest BCUT2D eigenvalue weighted by Crippen LogP contribution is -2.31. The molecule has 2 aliphatic carbocycles. The second-order valence-corrected chi connectivity index (χ2v) is 6.33. The Morgan fingerprint density at radius 2 is 2.00 bits per heavy atom. The Morgan fingerprint density at radius 1 is 1.25 bits per heavy atom. The van der Waals surface area contributed by atoms with E-state index in [0.717, 1.165) is 12.2 Å². The summed E-state index contributed by atoms with van der Waals surface area (Å²) in [4.78, 5) is 4.49. The summed E-state index contributed by atoms with van der Waals surface area (Å²) in [5, 5.41) is 3.22. The van der Waals surface area contributed by atoms with Crippen LogP contribution >= 0.6 is 24.0 Å². The number of hydrogen-bond donors (Lipinski definition) is 2. The van der Waals surface area contributed by atoms with Gasteiger partial charge >= 0.3 is 0 Å². The van der Waals surface area contributed by atoms with Gasteiger partial charge in [0.25, 0.3) is 0 Å². The molecule has 3 nitrogen and oxygen atoms in total. The van der Waals surface area contributed by atoms with Crippen molar-refractivity contribution in [3.63, 3.8) is 0 Å². The lowest BCUT2D eigenvalue weighted by molar-refractivity contribution is 0.174. The van der Waals surface area contributed by atoms with E-state index in [4.69, 9.17) is 5.73 Å². The topological polar surface area (TPSA) is 50.4 Å². The third kappa shape index (κ3) is 3.45. The molecule has 0 bridgehead atoms. The van der Waals surface area contributed by atoms with Gasteiger partial charge in [0.05, 0.1) is 0 Å². The molecule has 0 heterocycles. The van der Waals surface area contributed by atoms with Crippen LogP contribution in [0.3, 0.4) is 0 Å². The Bertz CT molecular complexity index is 506. The molecule has 2 aliphatic rings. The molecule has 1 aromatic carbocycles. The summed E-state index contributed by atoms with van der Waals surface area (Å²) in [7, 11) is 0. The molecule has 1 saturated carbocycles. The predicted octanol–water partition coefficient (Wildman–Crippen LogP) is 3.71. The molecule has 1 aromatic rings. The van der Waals surface area contributed by atoms with E-state index in [0.29, 0.717) is 11.4 Å². The Morgan fingerprint density at radius 3 is 2.70 bits per heavy atom. The number of fused-ring (bicyclic) bond motifs is 1. The maximum absolute atomic E-state index is 5.98. The quantitative estimate of drug-likeness (QED) is 0.474. The van der Waals surface area contributed by atoms with Gasteiger partial charge in [-0.25, -0.2) is 0 Å². The molecule has 0 radical (unpaired) electrons. The van der Waals surface area contributed by atoms with Crippen molar-refractivity contribution in [3.8, 4) is 0 Å². The number of nitrogens with two attached hydrogens (primary N) is 1. The number of benzene rings is 1. The predicted molar refractivity (Wildman–Crippen MR) is 96.0 cm³/mol. The molecule has 0 spiro atoms. The maximum atomic E-state index is 5.98. The fourth-order valence-corrected chi connectivity index (χ4v) is 3.05. The molecule has 20 heavy (non-hydrogen) atoms. The van der Waals surface area contributed by atoms with Gasteiger partial charge in [0.1, 0.15) is 0 Å². The molecule has 0 aliphatic heterocycles. The highest BCUT2D eigenvalue weighted by molar-refractivity contribution is 14.0. The Kier molecular flexibility index (Phi) is 4.94. The first-order valence-corrected chi connectivity index (χ1v) is 7.33. The van der Waals surface area contributed by atoms with Crippen LogP contribution in [0.25, 0.3) is 0 Å². The summed E-state index contributed by atoms with van der Waals surface area (Å²) in [6.07, 6.45) is 7.59. The zero-order valence-electron chi connectivity index (χ0n) is 12.1. The summed E-state index contributed by atoms with van der Waals surface area (Å²) >= 11 is 0. The first-order valence-electron chi connectivity index (χ1n) is 7.33. The van der Waals surface area contributed by atoms with Crippen LogP contribution in [0.4, 0.5) is 5.69 Å². The monoisotopic (exact) mass is 385 g/mol. The zero-order valence-corrected chi connectivity index (χ0v) is 14.4. The molecule has 4 heteroatoms. The van der Waals surface area contributed by atoms with Crippen LogP contribution in [-0.4, -0.2) is 12.5 Å². The van der Waals surface area contributed by atoms with Gasteiger partial charge in [-0.15, -0.1) is 24.0 Å². The SMILES string of the molecule is CC1(CN=C(N)Nc2ccc3c(c2)CCC3)CCC1.I. The van der Waals surface area contributed by atoms with Crippen LogP contribution in [0.2, 0.25) is 0 Å². The summed E-state index contributed by atoms with van der Waals surface area (Å²) in [5.74, 6) is 0.547. The summed E-state index contributed by atoms with van der Waals surface area (Å²) < 4.78 is 0. The minimum absolute atomic E-state index is 0. The van der Waals surface area contributed by atoms with Crippen molar-refractivity contribution in [1.29, 1.82) is 0 Å². The molecule has 0 unspecified atom stereocenters. The first kappa shape index (κ1) is 15.6. The largest absolute Gasteiger partial charge is 0.370 e. The van der Waals surface area contributed by atoms with Gasteiger partial charge in [-0.1, -0.05) is 19.4 Å². The number of nitrogens with one attached hydrogen (secondary N) is 1. The highest BCUT2D eigenvalue weighted by Crippen LogP contribution is 2.40. The number of halogens is 1. The highest BCUT2D eigenvalue weighted by Gasteiger charge is 2.31. The molecule has 3 N–H and O–H groups in total. The normalized spacial score (nSPS) is 19.8. The highest BCUT2D eigenvalue weighted by atomic mass is 127. The average Bonchev–Trinajstić information content (AvgIpc) is 2.81. The molecule has 1 fully saturated rings. The number of anilines is 1. The van der Waals surface area contributed by atoms with E-state index in [9.17, 15) is 0 Å². The molecule has 0 aromatic heterocycles. The van der Waals surface area contributed by atoms with E-state index in [1.165, 1.54) is 49.7 Å². The Labute approximate surface area is 138 Å². The summed E-state index contributed by atoms with van der Waals surface area (Å²) in [6.45, 7) is 3.14. The van der Waals surface area contributed by atoms with E-state index >= 15 is 0 Å². The maximum Gasteiger partial charge on any atom is 0.193 e. The lowest BCUT2D eigenvalue weighted by Gasteiger charge is -2.36. The minimum Gasteiger partial charge on any atom is -0.370 e. The van der Waals surface area contributed by atoms with E-state index in [1.807, 2.05) is 0 Å². The number of guanidine groups is 1. The Hall–Kier alpha value is -0.780. The molecule has 110 valence electrons. The fourth-order valence-electron chi connectivity index (χ4n) is 3.05. The molecule has 0 atom stereocenters. The average molecular weight is 385 g/mol. The van der Waals surface area contributed by atoms with Crippen molar-refractivity contribution in [1.82, 2.24) is 0 Å². The van der Waals surface area contributed by atoms with Crippen LogP contribution in [-0.2, 0) is 12.8 Å². The van der Waals surface area contributed by atoms with Crippen molar-refractivity contribution in [2.24, 2.45) is 16.1 Å². The molecular formula is C16H24IN3. The summed E-state index contributed by atoms with van der Waals surface area (Å²) in [5.41, 5.74) is 10.4. The molecular weight excluding hydrogens is 361 g/mol. The van der Waals surface area contributed by atoms with E-state index < -0.39 is 0 Å². The number of aryl methyl sites for hydroxylation is 2. The third-order valence-electron chi connectivity index (χ3n) is 4.56. The van der Waals surface area contributed by atoms with E-state index in [2.05, 4.69) is 35.4 Å². The van der Waals surface area contributed by atoms with Gasteiger partial charge in [-0.3, -0.25) is 4.99 Å². The van der Waals surface area contributed by atoms with Crippen LogP contribution in [0.15, 0.2) is 23.2 Å². The fraction of sp³-hybridized carbons (Fsp3) is 0.562. The summed E-state index contributed by atoms with van der Waals surface area (Å²) in [6, 6.07) is 6.54. The third-order valence-corrected chi connectivity index (χ3v) is 4.56. The smallest absolute Gasteiger partial charge is 0.193 e. The van der Waals surface area contributed by atoms with Crippen molar-refractivity contribution >= 4 is 35.6 Å². The van der Waals surface area contributed by atoms with E-state index in [1.54, 1.807) is 0 Å². The standard InChI is InChI=1S/C16H23N3.HI/c1-16(8-3-9-16)11-18-15(17)19-14-7-6-12-4-2-5-13(12)10-14;/h6-7,10H,2-5,8-9,11H2,1H3,(H3,17,18,19);1H. The van der Waals surface area contributed by atoms with Crippen molar-refractivity contribution in [2.45, 2.75) is 45.4 Å². The van der Waals surface area contributed by atoms with Crippen LogP contribution in [0.1, 0.15) is 43.7 Å². The van der Waals surface area contributed by atoms with Gasteiger partial charge in [-0.2, -0.15) is 0 Å². The number of rotatable bonds is 3. The van der Waals surface area contributed by atoms with Gasteiger partial charge in [0, 0.05) is 12.2 Å². The van der Waals surface area contributed by atoms with Crippen molar-refractivity contribution in [2.75, 3.05) is 11.9 Å². The first-order chi connectivity index (χ1) is 9.15. The van der Waals surface area contributed by atoms with Crippen LogP contribution in [0.5, 0.6) is 0 Å². The van der Waals surface area contributed by atoms with Crippen LogP contribution < -0.4 is 11.1 Å². The van der Waals surface area contributed by atoms with E-state index in [-0.39, 0.29) is 24.0 Å². The van der Waals surface area contributed by atoms with Crippen LogP contribution in [0, 0.1) is 5.41 Å². The second-order valence-electron chi connectivity index (χ2n) is 6.33. The minimum atomic E-state index is 0. The van der Waals surface area contributed by atoms with Gasteiger partial charge in [0.15, 0.2) is 5.96 Å². The molecule has 0 saturated heterocycles. The molecule has 0 amide bonds. The zero-order chi connectivity index (χ0) is 13.3. The van der Waals surface area contributed by atoms with Gasteiger partial charge in [-0.05, 0) is 60.8 Å². The number of hydrogen-bond acceptors (Lipinski definition) is 1. The number of nitrogens with zero attached hydrogens (tertiary/aromatic N) is 1. The van der Waals surface area contributed by atoms with Crippen molar-refractivity contribution in [3.05, 3.63) is 29.3 Å². The van der Waals surface area contributed by atoms with Crippen molar-refractivity contribution < 1.29 is 0 Å². The second kappa shape index (κ2) is 6.33. The van der Waals surface area contributed by atoms with Gasteiger partial charge < -0.3 is 11.1 Å². The Balaban J connectivity index is 0.00000147. The van der Waals surface area contributed by atoms with Gasteiger partial charge in [0.2, 0.25) is 0 Å². The lowest BCUT2D eigenvalue weighted by atomic mass is 9.71.